The molecule has 2 heterocycles. The third kappa shape index (κ3) is 3.82. The van der Waals surface area contributed by atoms with Crippen LogP contribution in [0.5, 0.6) is 0 Å². The van der Waals surface area contributed by atoms with Crippen molar-refractivity contribution >= 4 is 27.3 Å². The Morgan fingerprint density at radius 2 is 2.04 bits per heavy atom. The van der Waals surface area contributed by atoms with Crippen LogP contribution in [0, 0.1) is 5.92 Å². The molecule has 1 saturated heterocycles. The molecule has 1 aliphatic heterocycles. The Kier molecular flexibility index (Phi) is 5.91. The second-order valence-electron chi connectivity index (χ2n) is 6.26. The maximum Gasteiger partial charge on any atom is 0.252 e. The van der Waals surface area contributed by atoms with Gasteiger partial charge in [-0.05, 0) is 30.7 Å². The average molecular weight is 373 g/mol. The van der Waals surface area contributed by atoms with E-state index in [1.54, 1.807) is 21.8 Å². The molecule has 0 aromatic carbocycles. The molecule has 0 radical (unpaired) electrons. The lowest BCUT2D eigenvalue weighted by Gasteiger charge is -2.38. The first-order chi connectivity index (χ1) is 11.6. The number of carbonyl (C=O) groups excluding carboxylic acids is 1. The molecule has 3 rings (SSSR count). The standard InChI is InChI=1S/C16H24N2O4S2/c19-16-13-5-1-2-6-14(13)18(9-4-10-22-11-8-17-16)24(20,21)15-7-3-12-23-15/h3,7,12-14H,1-2,4-6,8-11H2,(H,17,19)/t13-,14+/m1/s1. The summed E-state index contributed by atoms with van der Waals surface area (Å²) < 4.78 is 33.6. The summed E-state index contributed by atoms with van der Waals surface area (Å²) in [6.07, 6.45) is 4.05. The molecule has 6 nitrogen and oxygen atoms in total. The average Bonchev–Trinajstić information content (AvgIpc) is 3.11. The van der Waals surface area contributed by atoms with Crippen LogP contribution in [-0.2, 0) is 19.6 Å². The minimum absolute atomic E-state index is 0.0448. The van der Waals surface area contributed by atoms with E-state index in [2.05, 4.69) is 5.32 Å². The van der Waals surface area contributed by atoms with E-state index in [9.17, 15) is 13.2 Å². The van der Waals surface area contributed by atoms with Crippen LogP contribution in [0.3, 0.4) is 0 Å². The maximum absolute atomic E-state index is 13.1. The number of rotatable bonds is 2. The van der Waals surface area contributed by atoms with Crippen molar-refractivity contribution in [1.82, 2.24) is 9.62 Å². The Balaban J connectivity index is 1.93. The van der Waals surface area contributed by atoms with Crippen LogP contribution in [0.1, 0.15) is 32.1 Å². The monoisotopic (exact) mass is 372 g/mol. The highest BCUT2D eigenvalue weighted by atomic mass is 32.2. The molecule has 1 aliphatic carbocycles. The Hall–Kier alpha value is -0.960. The van der Waals surface area contributed by atoms with Gasteiger partial charge in [0.25, 0.3) is 10.0 Å². The van der Waals surface area contributed by atoms with Crippen molar-refractivity contribution in [2.75, 3.05) is 26.3 Å². The van der Waals surface area contributed by atoms with Crippen LogP contribution in [-0.4, -0.2) is 51.0 Å². The predicted molar refractivity (Wildman–Crippen MR) is 92.4 cm³/mol. The van der Waals surface area contributed by atoms with Crippen LogP contribution in [0.25, 0.3) is 0 Å². The van der Waals surface area contributed by atoms with Gasteiger partial charge in [-0.25, -0.2) is 8.42 Å². The van der Waals surface area contributed by atoms with Crippen molar-refractivity contribution in [1.29, 1.82) is 0 Å². The second-order valence-corrected chi connectivity index (χ2v) is 9.33. The molecule has 1 amide bonds. The number of hydrogen-bond donors (Lipinski definition) is 1. The number of hydrogen-bond acceptors (Lipinski definition) is 5. The van der Waals surface area contributed by atoms with Gasteiger partial charge >= 0.3 is 0 Å². The normalized spacial score (nSPS) is 27.8. The number of fused-ring (bicyclic) bond motifs is 1. The molecule has 24 heavy (non-hydrogen) atoms. The summed E-state index contributed by atoms with van der Waals surface area (Å²) in [6, 6.07) is 3.13. The van der Waals surface area contributed by atoms with E-state index in [0.29, 0.717) is 36.9 Å². The van der Waals surface area contributed by atoms with Gasteiger partial charge in [-0.2, -0.15) is 4.31 Å². The molecule has 8 heteroatoms. The van der Waals surface area contributed by atoms with Gasteiger partial charge in [0.1, 0.15) is 4.21 Å². The van der Waals surface area contributed by atoms with Gasteiger partial charge in [0.05, 0.1) is 12.5 Å². The number of sulfonamides is 1. The lowest BCUT2D eigenvalue weighted by molar-refractivity contribution is -0.127. The Morgan fingerprint density at radius 1 is 1.21 bits per heavy atom. The molecule has 1 saturated carbocycles. The molecule has 1 aromatic rings. The second kappa shape index (κ2) is 7.95. The topological polar surface area (TPSA) is 75.7 Å². The number of nitrogens with one attached hydrogen (secondary N) is 1. The fraction of sp³-hybridized carbons (Fsp3) is 0.688. The third-order valence-electron chi connectivity index (χ3n) is 4.71. The number of carbonyl (C=O) groups is 1. The van der Waals surface area contributed by atoms with Crippen molar-refractivity contribution < 1.29 is 17.9 Å². The Labute approximate surface area is 147 Å². The molecule has 0 spiro atoms. The van der Waals surface area contributed by atoms with Crippen molar-refractivity contribution in [3.63, 3.8) is 0 Å². The van der Waals surface area contributed by atoms with E-state index in [4.69, 9.17) is 4.74 Å². The predicted octanol–water partition coefficient (Wildman–Crippen LogP) is 1.83. The molecule has 2 aliphatic rings. The first-order valence-electron chi connectivity index (χ1n) is 8.51. The highest BCUT2D eigenvalue weighted by molar-refractivity contribution is 7.91. The van der Waals surface area contributed by atoms with Gasteiger partial charge in [-0.15, -0.1) is 11.3 Å². The first-order valence-corrected chi connectivity index (χ1v) is 10.8. The number of nitrogens with zero attached hydrogens (tertiary/aromatic N) is 1. The molecule has 0 unspecified atom stereocenters. The summed E-state index contributed by atoms with van der Waals surface area (Å²) in [5, 5.41) is 4.67. The summed E-state index contributed by atoms with van der Waals surface area (Å²) in [5.41, 5.74) is 0. The molecule has 2 fully saturated rings. The van der Waals surface area contributed by atoms with E-state index in [1.807, 2.05) is 0 Å². The Bertz CT molecular complexity index is 645. The highest BCUT2D eigenvalue weighted by Gasteiger charge is 2.40. The summed E-state index contributed by atoms with van der Waals surface area (Å²) in [7, 11) is -3.58. The van der Waals surface area contributed by atoms with Gasteiger partial charge in [-0.3, -0.25) is 4.79 Å². The minimum atomic E-state index is -3.58. The van der Waals surface area contributed by atoms with Crippen LogP contribution < -0.4 is 5.32 Å². The molecule has 1 aromatic heterocycles. The zero-order valence-corrected chi connectivity index (χ0v) is 15.3. The fourth-order valence-electron chi connectivity index (χ4n) is 3.55. The van der Waals surface area contributed by atoms with Crippen molar-refractivity contribution in [2.24, 2.45) is 5.92 Å². The number of amides is 1. The van der Waals surface area contributed by atoms with Gasteiger partial charge in [0, 0.05) is 25.7 Å². The van der Waals surface area contributed by atoms with Crippen LogP contribution in [0.4, 0.5) is 0 Å². The maximum atomic E-state index is 13.1. The SMILES string of the molecule is O=C1NCCOCCCN(S(=O)(=O)c2cccs2)[C@H]2CCCC[C@@H]12. The van der Waals surface area contributed by atoms with Crippen molar-refractivity contribution in [3.8, 4) is 0 Å². The van der Waals surface area contributed by atoms with Gasteiger partial charge in [0.15, 0.2) is 0 Å². The van der Waals surface area contributed by atoms with Gasteiger partial charge in [0.2, 0.25) is 5.91 Å². The number of ether oxygens (including phenoxy) is 1. The zero-order valence-electron chi connectivity index (χ0n) is 13.6. The fourth-order valence-corrected chi connectivity index (χ4v) is 6.40. The summed E-state index contributed by atoms with van der Waals surface area (Å²) in [4.78, 5) is 12.6. The van der Waals surface area contributed by atoms with E-state index >= 15 is 0 Å². The summed E-state index contributed by atoms with van der Waals surface area (Å²) in [6.45, 7) is 1.86. The lowest BCUT2D eigenvalue weighted by Crippen LogP contribution is -2.51. The van der Waals surface area contributed by atoms with E-state index in [0.717, 1.165) is 25.7 Å². The molecule has 2 atom stereocenters. The van der Waals surface area contributed by atoms with Crippen LogP contribution in [0.15, 0.2) is 21.7 Å². The lowest BCUT2D eigenvalue weighted by atomic mass is 9.83. The van der Waals surface area contributed by atoms with Gasteiger partial charge < -0.3 is 10.1 Å². The number of thiophene rings is 1. The van der Waals surface area contributed by atoms with Gasteiger partial charge in [-0.1, -0.05) is 18.9 Å². The third-order valence-corrected chi connectivity index (χ3v) is 8.00. The highest BCUT2D eigenvalue weighted by Crippen LogP contribution is 2.33. The van der Waals surface area contributed by atoms with E-state index in [1.165, 1.54) is 11.3 Å². The van der Waals surface area contributed by atoms with Crippen LogP contribution in [0.2, 0.25) is 0 Å². The summed E-state index contributed by atoms with van der Waals surface area (Å²) in [5.74, 6) is -0.317. The van der Waals surface area contributed by atoms with E-state index in [-0.39, 0.29) is 17.9 Å². The molecule has 1 N–H and O–H groups in total. The molecule has 0 bridgehead atoms. The minimum Gasteiger partial charge on any atom is -0.380 e. The largest absolute Gasteiger partial charge is 0.380 e. The van der Waals surface area contributed by atoms with Crippen molar-refractivity contribution in [2.45, 2.75) is 42.4 Å². The molecule has 134 valence electrons. The zero-order chi connectivity index (χ0) is 17.0. The van der Waals surface area contributed by atoms with Crippen molar-refractivity contribution in [3.05, 3.63) is 17.5 Å². The smallest absolute Gasteiger partial charge is 0.252 e. The quantitative estimate of drug-likeness (QED) is 0.859. The molecular weight excluding hydrogens is 348 g/mol. The Morgan fingerprint density at radius 3 is 2.83 bits per heavy atom. The van der Waals surface area contributed by atoms with Crippen LogP contribution >= 0.6 is 11.3 Å². The first kappa shape index (κ1) is 17.8. The summed E-state index contributed by atoms with van der Waals surface area (Å²) >= 11 is 1.23. The van der Waals surface area contributed by atoms with E-state index < -0.39 is 10.0 Å². The molecular formula is C16H24N2O4S2.